The van der Waals surface area contributed by atoms with Crippen LogP contribution in [-0.4, -0.2) is 25.5 Å². The van der Waals surface area contributed by atoms with Gasteiger partial charge >= 0.3 is 0 Å². The first-order valence-corrected chi connectivity index (χ1v) is 6.08. The van der Waals surface area contributed by atoms with E-state index >= 15 is 0 Å². The fourth-order valence-electron chi connectivity index (χ4n) is 1.57. The molecule has 3 nitrogen and oxygen atoms in total. The van der Waals surface area contributed by atoms with Gasteiger partial charge in [-0.15, -0.1) is 0 Å². The van der Waals surface area contributed by atoms with Crippen LogP contribution in [0.3, 0.4) is 0 Å². The Kier molecular flexibility index (Phi) is 6.19. The minimum atomic E-state index is -0.124. The molecule has 0 saturated heterocycles. The highest BCUT2D eigenvalue weighted by Gasteiger charge is 2.13. The molecule has 0 aliphatic carbocycles. The Morgan fingerprint density at radius 2 is 2.18 bits per heavy atom. The van der Waals surface area contributed by atoms with Crippen molar-refractivity contribution in [1.29, 1.82) is 0 Å². The minimum absolute atomic E-state index is 0.0713. The van der Waals surface area contributed by atoms with Crippen molar-refractivity contribution in [2.24, 2.45) is 0 Å². The monoisotopic (exact) mass is 255 g/mol. The molecule has 17 heavy (non-hydrogen) atoms. The van der Waals surface area contributed by atoms with E-state index in [-0.39, 0.29) is 18.4 Å². The van der Waals surface area contributed by atoms with Gasteiger partial charge in [0.05, 0.1) is 12.6 Å². The maximum atomic E-state index is 11.7. The molecule has 0 fully saturated rings. The molecule has 0 aliphatic heterocycles. The van der Waals surface area contributed by atoms with E-state index in [9.17, 15) is 4.79 Å². The summed E-state index contributed by atoms with van der Waals surface area (Å²) in [5.41, 5.74) is 0.902. The van der Waals surface area contributed by atoms with Crippen LogP contribution in [0.25, 0.3) is 0 Å². The molecule has 0 bridgehead atoms. The highest BCUT2D eigenvalue weighted by molar-refractivity contribution is 6.31. The molecule has 1 rings (SSSR count). The molecular weight excluding hydrogens is 238 g/mol. The lowest BCUT2D eigenvalue weighted by Crippen LogP contribution is -2.35. The van der Waals surface area contributed by atoms with Crippen molar-refractivity contribution in [3.8, 4) is 0 Å². The van der Waals surface area contributed by atoms with Crippen LogP contribution in [0.5, 0.6) is 0 Å². The van der Waals surface area contributed by atoms with Crippen LogP contribution in [0.4, 0.5) is 0 Å². The summed E-state index contributed by atoms with van der Waals surface area (Å²) in [6, 6.07) is 7.34. The molecule has 1 atom stereocenters. The lowest BCUT2D eigenvalue weighted by Gasteiger charge is -2.12. The summed E-state index contributed by atoms with van der Waals surface area (Å²) in [5.74, 6) is 0.0713. The first-order chi connectivity index (χ1) is 8.19. The third-order valence-corrected chi connectivity index (χ3v) is 2.97. The second-order valence-electron chi connectivity index (χ2n) is 3.80. The molecule has 0 spiro atoms. The molecule has 1 aromatic carbocycles. The second-order valence-corrected chi connectivity index (χ2v) is 4.21. The number of hydrogen-bond acceptors (Lipinski definition) is 3. The maximum Gasteiger partial charge on any atom is 0.175 e. The van der Waals surface area contributed by atoms with Crippen molar-refractivity contribution in [3.05, 3.63) is 34.9 Å². The predicted molar refractivity (Wildman–Crippen MR) is 69.3 cm³/mol. The summed E-state index contributed by atoms with van der Waals surface area (Å²) in [5, 5.41) is 3.62. The molecule has 1 unspecified atom stereocenters. The van der Waals surface area contributed by atoms with Crippen LogP contribution in [0.2, 0.25) is 5.02 Å². The highest BCUT2D eigenvalue weighted by Crippen LogP contribution is 2.15. The molecule has 0 aromatic heterocycles. The second kappa shape index (κ2) is 7.43. The molecule has 4 heteroatoms. The van der Waals surface area contributed by atoms with Gasteiger partial charge in [-0.2, -0.15) is 0 Å². The first-order valence-electron chi connectivity index (χ1n) is 5.70. The van der Waals surface area contributed by atoms with E-state index in [1.165, 1.54) is 0 Å². The largest absolute Gasteiger partial charge is 0.369 e. The van der Waals surface area contributed by atoms with E-state index in [4.69, 9.17) is 16.3 Å². The van der Waals surface area contributed by atoms with Gasteiger partial charge in [0.15, 0.2) is 5.78 Å². The summed E-state index contributed by atoms with van der Waals surface area (Å²) in [6.07, 6.45) is 0.769. The van der Waals surface area contributed by atoms with Gasteiger partial charge in [0.25, 0.3) is 0 Å². The first kappa shape index (κ1) is 14.2. The van der Waals surface area contributed by atoms with Gasteiger partial charge in [-0.3, -0.25) is 4.79 Å². The van der Waals surface area contributed by atoms with Gasteiger partial charge in [0.1, 0.15) is 6.61 Å². The van der Waals surface area contributed by atoms with Crippen molar-refractivity contribution >= 4 is 17.4 Å². The normalized spacial score (nSPS) is 12.4. The number of carbonyl (C=O) groups is 1. The van der Waals surface area contributed by atoms with Crippen LogP contribution in [0, 0.1) is 0 Å². The Morgan fingerprint density at radius 3 is 2.76 bits per heavy atom. The van der Waals surface area contributed by atoms with Gasteiger partial charge in [-0.1, -0.05) is 36.7 Å². The van der Waals surface area contributed by atoms with Crippen LogP contribution in [0.15, 0.2) is 24.3 Å². The van der Waals surface area contributed by atoms with Crippen molar-refractivity contribution < 1.29 is 9.53 Å². The molecule has 0 saturated carbocycles. The zero-order valence-corrected chi connectivity index (χ0v) is 11.0. The maximum absolute atomic E-state index is 11.7. The third-order valence-electron chi connectivity index (χ3n) is 2.61. The fraction of sp³-hybridized carbons (Fsp3) is 0.462. The van der Waals surface area contributed by atoms with Crippen molar-refractivity contribution in [2.45, 2.75) is 26.0 Å². The Balaban J connectivity index is 2.38. The number of nitrogens with one attached hydrogen (secondary N) is 1. The van der Waals surface area contributed by atoms with E-state index in [1.807, 2.05) is 31.2 Å². The Labute approximate surface area is 107 Å². The lowest BCUT2D eigenvalue weighted by molar-refractivity contribution is -0.126. The van der Waals surface area contributed by atoms with Crippen molar-refractivity contribution in [3.63, 3.8) is 0 Å². The predicted octanol–water partition coefficient (Wildman–Crippen LogP) is 2.42. The number of ketones is 1. The summed E-state index contributed by atoms with van der Waals surface area (Å²) >= 11 is 5.98. The minimum Gasteiger partial charge on any atom is -0.369 e. The van der Waals surface area contributed by atoms with Gasteiger partial charge in [0, 0.05) is 5.02 Å². The smallest absolute Gasteiger partial charge is 0.175 e. The number of rotatable bonds is 7. The summed E-state index contributed by atoms with van der Waals surface area (Å²) in [6.45, 7) is 2.45. The standard InChI is InChI=1S/C13H18ClNO2/c1-3-12(15-2)13(16)9-17-8-10-6-4-5-7-11(10)14/h4-7,12,15H,3,8-9H2,1-2H3. The highest BCUT2D eigenvalue weighted by atomic mass is 35.5. The van der Waals surface area contributed by atoms with Crippen molar-refractivity contribution in [2.75, 3.05) is 13.7 Å². The molecule has 1 N–H and O–H groups in total. The van der Waals surface area contributed by atoms with E-state index in [2.05, 4.69) is 5.32 Å². The quantitative estimate of drug-likeness (QED) is 0.813. The van der Waals surface area contributed by atoms with E-state index in [1.54, 1.807) is 7.05 Å². The van der Waals surface area contributed by atoms with Gasteiger partial charge in [0.2, 0.25) is 0 Å². The van der Waals surface area contributed by atoms with Crippen LogP contribution in [-0.2, 0) is 16.1 Å². The van der Waals surface area contributed by atoms with Crippen LogP contribution < -0.4 is 5.32 Å². The average Bonchev–Trinajstić information content (AvgIpc) is 2.33. The third kappa shape index (κ3) is 4.46. The van der Waals surface area contributed by atoms with Crippen LogP contribution >= 0.6 is 11.6 Å². The van der Waals surface area contributed by atoms with E-state index in [0.717, 1.165) is 12.0 Å². The van der Waals surface area contributed by atoms with Crippen LogP contribution in [0.1, 0.15) is 18.9 Å². The number of Topliss-reactive ketones (excluding diaryl/α,β-unsaturated/α-hetero) is 1. The number of ether oxygens (including phenoxy) is 1. The number of hydrogen-bond donors (Lipinski definition) is 1. The number of halogens is 1. The number of carbonyl (C=O) groups excluding carboxylic acids is 1. The molecule has 0 heterocycles. The summed E-state index contributed by atoms with van der Waals surface area (Å²) in [4.78, 5) is 11.7. The van der Waals surface area contributed by atoms with E-state index in [0.29, 0.717) is 11.6 Å². The molecular formula is C13H18ClNO2. The molecule has 0 radical (unpaired) electrons. The Bertz CT molecular complexity index is 364. The molecule has 0 amide bonds. The Morgan fingerprint density at radius 1 is 1.47 bits per heavy atom. The zero-order chi connectivity index (χ0) is 12.7. The van der Waals surface area contributed by atoms with Gasteiger partial charge in [-0.25, -0.2) is 0 Å². The lowest BCUT2D eigenvalue weighted by atomic mass is 10.1. The molecule has 1 aromatic rings. The SMILES string of the molecule is CCC(NC)C(=O)COCc1ccccc1Cl. The fourth-order valence-corrected chi connectivity index (χ4v) is 1.76. The molecule has 0 aliphatic rings. The molecule has 94 valence electrons. The Hall–Kier alpha value is -0.900. The van der Waals surface area contributed by atoms with E-state index < -0.39 is 0 Å². The topological polar surface area (TPSA) is 38.3 Å². The van der Waals surface area contributed by atoms with Gasteiger partial charge < -0.3 is 10.1 Å². The number of likely N-dealkylation sites (N-methyl/N-ethyl adjacent to an activating group) is 1. The summed E-state index contributed by atoms with van der Waals surface area (Å²) in [7, 11) is 1.78. The number of benzene rings is 1. The van der Waals surface area contributed by atoms with Crippen molar-refractivity contribution in [1.82, 2.24) is 5.32 Å². The zero-order valence-electron chi connectivity index (χ0n) is 10.2. The summed E-state index contributed by atoms with van der Waals surface area (Å²) < 4.78 is 5.37. The van der Waals surface area contributed by atoms with Gasteiger partial charge in [-0.05, 0) is 25.1 Å². The average molecular weight is 256 g/mol.